The number of pyridine rings is 1. The molecule has 0 unspecified atom stereocenters. The van der Waals surface area contributed by atoms with Crippen molar-refractivity contribution in [3.05, 3.63) is 65.9 Å². The first kappa shape index (κ1) is 19.4. The van der Waals surface area contributed by atoms with E-state index in [0.717, 1.165) is 36.8 Å². The van der Waals surface area contributed by atoms with Gasteiger partial charge < -0.3 is 10.6 Å². The lowest BCUT2D eigenvalue weighted by Crippen LogP contribution is -2.46. The van der Waals surface area contributed by atoms with Crippen molar-refractivity contribution in [1.82, 2.24) is 25.2 Å². The molecule has 4 rings (SSSR count). The molecule has 1 fully saturated rings. The first-order valence-electron chi connectivity index (χ1n) is 10.2. The normalized spacial score (nSPS) is 16.7. The fourth-order valence-electron chi connectivity index (χ4n) is 4.25. The highest BCUT2D eigenvalue weighted by molar-refractivity contribution is 5.79. The molecule has 0 bridgehead atoms. The minimum Gasteiger partial charge on any atom is -0.356 e. The van der Waals surface area contributed by atoms with Crippen molar-refractivity contribution < 1.29 is 4.39 Å². The Labute approximate surface area is 170 Å². The van der Waals surface area contributed by atoms with Crippen LogP contribution in [-0.4, -0.2) is 34.2 Å². The van der Waals surface area contributed by atoms with Gasteiger partial charge in [-0.25, -0.2) is 4.39 Å². The van der Waals surface area contributed by atoms with Crippen molar-refractivity contribution in [2.75, 3.05) is 13.6 Å². The zero-order valence-corrected chi connectivity index (χ0v) is 16.7. The summed E-state index contributed by atoms with van der Waals surface area (Å²) in [6.45, 7) is 1.29. The van der Waals surface area contributed by atoms with Gasteiger partial charge in [0.2, 0.25) is 0 Å². The zero-order valence-electron chi connectivity index (χ0n) is 16.7. The number of benzene rings is 1. The molecule has 0 radical (unpaired) electrons. The minimum atomic E-state index is -0.189. The van der Waals surface area contributed by atoms with Crippen LogP contribution in [0.25, 0.3) is 5.65 Å². The number of hydrogen-bond donors (Lipinski definition) is 2. The van der Waals surface area contributed by atoms with Crippen LogP contribution in [0.4, 0.5) is 4.39 Å². The molecule has 1 aliphatic rings. The third-order valence-corrected chi connectivity index (χ3v) is 5.88. The van der Waals surface area contributed by atoms with E-state index in [2.05, 4.69) is 25.8 Å². The average Bonchev–Trinajstić information content (AvgIpc) is 3.18. The molecule has 2 aromatic heterocycles. The van der Waals surface area contributed by atoms with Crippen LogP contribution in [0, 0.1) is 5.82 Å². The van der Waals surface area contributed by atoms with Crippen molar-refractivity contribution in [2.24, 2.45) is 4.99 Å². The fourth-order valence-corrected chi connectivity index (χ4v) is 4.25. The van der Waals surface area contributed by atoms with Gasteiger partial charge in [0.15, 0.2) is 17.4 Å². The summed E-state index contributed by atoms with van der Waals surface area (Å²) < 4.78 is 15.4. The highest BCUT2D eigenvalue weighted by atomic mass is 19.1. The third-order valence-electron chi connectivity index (χ3n) is 5.88. The summed E-state index contributed by atoms with van der Waals surface area (Å²) in [5.41, 5.74) is 2.03. The van der Waals surface area contributed by atoms with E-state index in [1.807, 2.05) is 40.9 Å². The molecule has 3 aromatic rings. The molecule has 2 heterocycles. The van der Waals surface area contributed by atoms with Crippen LogP contribution in [0.2, 0.25) is 0 Å². The van der Waals surface area contributed by atoms with E-state index in [1.54, 1.807) is 19.2 Å². The Morgan fingerprint density at radius 3 is 2.62 bits per heavy atom. The standard InChI is InChI=1S/C22H27FN6/c1-24-21(25-15-20-28-27-19-7-3-6-14-29(19)20)26-16-22(12-4-2-5-13-22)17-8-10-18(23)11-9-17/h3,6-11,14H,2,4-5,12-13,15-16H2,1H3,(H2,24,25,26). The summed E-state index contributed by atoms with van der Waals surface area (Å²) in [7, 11) is 1.77. The van der Waals surface area contributed by atoms with Crippen LogP contribution in [0.1, 0.15) is 43.5 Å². The van der Waals surface area contributed by atoms with Gasteiger partial charge in [0.25, 0.3) is 0 Å². The Morgan fingerprint density at radius 2 is 1.86 bits per heavy atom. The number of aliphatic imine (C=N–C) groups is 1. The number of rotatable bonds is 5. The van der Waals surface area contributed by atoms with E-state index >= 15 is 0 Å². The average molecular weight is 394 g/mol. The minimum absolute atomic E-state index is 0.00509. The first-order valence-corrected chi connectivity index (χ1v) is 10.2. The Bertz CT molecular complexity index is 972. The van der Waals surface area contributed by atoms with Crippen LogP contribution < -0.4 is 10.6 Å². The first-order chi connectivity index (χ1) is 14.2. The molecule has 1 aromatic carbocycles. The summed E-state index contributed by atoms with van der Waals surface area (Å²) in [6.07, 6.45) is 7.78. The molecule has 0 amide bonds. The number of guanidine groups is 1. The highest BCUT2D eigenvalue weighted by Gasteiger charge is 2.34. The molecule has 1 aliphatic carbocycles. The molecule has 1 saturated carbocycles. The number of nitrogens with zero attached hydrogens (tertiary/aromatic N) is 4. The van der Waals surface area contributed by atoms with E-state index in [1.165, 1.54) is 24.8 Å². The molecule has 0 spiro atoms. The maximum absolute atomic E-state index is 13.4. The molecular weight excluding hydrogens is 367 g/mol. The van der Waals surface area contributed by atoms with E-state index < -0.39 is 0 Å². The lowest BCUT2D eigenvalue weighted by Gasteiger charge is -2.38. The van der Waals surface area contributed by atoms with E-state index in [-0.39, 0.29) is 11.2 Å². The van der Waals surface area contributed by atoms with Crippen molar-refractivity contribution in [3.8, 4) is 0 Å². The fraction of sp³-hybridized carbons (Fsp3) is 0.409. The van der Waals surface area contributed by atoms with Gasteiger partial charge in [0, 0.05) is 25.2 Å². The molecule has 2 N–H and O–H groups in total. The number of nitrogens with one attached hydrogen (secondary N) is 2. The van der Waals surface area contributed by atoms with Gasteiger partial charge in [-0.2, -0.15) is 0 Å². The number of fused-ring (bicyclic) bond motifs is 1. The van der Waals surface area contributed by atoms with Crippen LogP contribution >= 0.6 is 0 Å². The number of aromatic nitrogens is 3. The van der Waals surface area contributed by atoms with Gasteiger partial charge in [0.1, 0.15) is 5.82 Å². The van der Waals surface area contributed by atoms with Crippen LogP contribution in [0.5, 0.6) is 0 Å². The molecule has 0 atom stereocenters. The maximum Gasteiger partial charge on any atom is 0.191 e. The van der Waals surface area contributed by atoms with Crippen LogP contribution in [0.3, 0.4) is 0 Å². The monoisotopic (exact) mass is 394 g/mol. The molecule has 0 saturated heterocycles. The van der Waals surface area contributed by atoms with E-state index in [4.69, 9.17) is 0 Å². The van der Waals surface area contributed by atoms with E-state index in [9.17, 15) is 4.39 Å². The lowest BCUT2D eigenvalue weighted by molar-refractivity contribution is 0.291. The van der Waals surface area contributed by atoms with Crippen molar-refractivity contribution in [3.63, 3.8) is 0 Å². The van der Waals surface area contributed by atoms with Crippen molar-refractivity contribution >= 4 is 11.6 Å². The number of hydrogen-bond acceptors (Lipinski definition) is 3. The van der Waals surface area contributed by atoms with Gasteiger partial charge in [-0.05, 0) is 42.7 Å². The largest absolute Gasteiger partial charge is 0.356 e. The van der Waals surface area contributed by atoms with Crippen LogP contribution in [0.15, 0.2) is 53.7 Å². The van der Waals surface area contributed by atoms with Crippen molar-refractivity contribution in [1.29, 1.82) is 0 Å². The molecule has 29 heavy (non-hydrogen) atoms. The molecule has 0 aliphatic heterocycles. The SMILES string of the molecule is CN=C(NCc1nnc2ccccn12)NCC1(c2ccc(F)cc2)CCCCC1. The Morgan fingerprint density at radius 1 is 1.07 bits per heavy atom. The predicted molar refractivity (Wildman–Crippen MR) is 112 cm³/mol. The second-order valence-corrected chi connectivity index (χ2v) is 7.67. The lowest BCUT2D eigenvalue weighted by atomic mass is 9.69. The summed E-state index contributed by atoms with van der Waals surface area (Å²) in [6, 6.07) is 12.8. The van der Waals surface area contributed by atoms with Gasteiger partial charge in [0.05, 0.1) is 6.54 Å². The van der Waals surface area contributed by atoms with Gasteiger partial charge in [-0.15, -0.1) is 10.2 Å². The molecular formula is C22H27FN6. The second kappa shape index (κ2) is 8.59. The van der Waals surface area contributed by atoms with E-state index in [0.29, 0.717) is 6.54 Å². The Balaban J connectivity index is 1.43. The van der Waals surface area contributed by atoms with Gasteiger partial charge in [-0.3, -0.25) is 9.39 Å². The summed E-state index contributed by atoms with van der Waals surface area (Å²) >= 11 is 0. The molecule has 6 nitrogen and oxygen atoms in total. The summed E-state index contributed by atoms with van der Waals surface area (Å²) in [5.74, 6) is 1.37. The molecule has 7 heteroatoms. The van der Waals surface area contributed by atoms with Gasteiger partial charge in [-0.1, -0.05) is 37.5 Å². The van der Waals surface area contributed by atoms with Gasteiger partial charge >= 0.3 is 0 Å². The van der Waals surface area contributed by atoms with Crippen LogP contribution in [-0.2, 0) is 12.0 Å². The quantitative estimate of drug-likeness (QED) is 0.514. The van der Waals surface area contributed by atoms with Crippen molar-refractivity contribution in [2.45, 2.75) is 44.1 Å². The molecule has 152 valence electrons. The Hall–Kier alpha value is -2.96. The zero-order chi connectivity index (χ0) is 20.1. The predicted octanol–water partition coefficient (Wildman–Crippen LogP) is 3.44. The topological polar surface area (TPSA) is 66.6 Å². The summed E-state index contributed by atoms with van der Waals surface area (Å²) in [4.78, 5) is 4.37. The smallest absolute Gasteiger partial charge is 0.191 e. The number of halogens is 1. The maximum atomic E-state index is 13.4. The Kier molecular flexibility index (Phi) is 5.74. The summed E-state index contributed by atoms with van der Waals surface area (Å²) in [5, 5.41) is 15.3. The highest BCUT2D eigenvalue weighted by Crippen LogP contribution is 2.39. The third kappa shape index (κ3) is 4.23. The second-order valence-electron chi connectivity index (χ2n) is 7.67.